The van der Waals surface area contributed by atoms with Crippen LogP contribution >= 0.6 is 0 Å². The van der Waals surface area contributed by atoms with E-state index in [1.165, 1.54) is 4.90 Å². The predicted octanol–water partition coefficient (Wildman–Crippen LogP) is 1.72. The molecule has 1 aromatic rings. The van der Waals surface area contributed by atoms with Crippen molar-refractivity contribution in [2.75, 3.05) is 18.0 Å². The molecule has 1 N–H and O–H groups in total. The van der Waals surface area contributed by atoms with Crippen molar-refractivity contribution in [2.45, 2.75) is 31.7 Å². The summed E-state index contributed by atoms with van der Waals surface area (Å²) >= 11 is 0. The van der Waals surface area contributed by atoms with Crippen molar-refractivity contribution in [1.29, 1.82) is 0 Å². The zero-order valence-electron chi connectivity index (χ0n) is 11.4. The number of aromatic carboxylic acids is 1. The quantitative estimate of drug-likeness (QED) is 0.896. The Kier molecular flexibility index (Phi) is 3.79. The van der Waals surface area contributed by atoms with Crippen molar-refractivity contribution >= 4 is 11.8 Å². The van der Waals surface area contributed by atoms with E-state index in [2.05, 4.69) is 9.97 Å². The molecule has 1 aliphatic rings. The average Bonchev–Trinajstić information content (AvgIpc) is 2.36. The number of halogens is 3. The van der Waals surface area contributed by atoms with Gasteiger partial charge in [-0.05, 0) is 13.8 Å². The van der Waals surface area contributed by atoms with Crippen LogP contribution in [0.4, 0.5) is 19.0 Å². The second-order valence-electron chi connectivity index (χ2n) is 5.35. The summed E-state index contributed by atoms with van der Waals surface area (Å²) in [7, 11) is 0. The Morgan fingerprint density at radius 1 is 1.43 bits per heavy atom. The molecular weight excluding hydrogens is 291 g/mol. The van der Waals surface area contributed by atoms with Crippen LogP contribution in [0.5, 0.6) is 0 Å². The van der Waals surface area contributed by atoms with Gasteiger partial charge in [0, 0.05) is 6.54 Å². The van der Waals surface area contributed by atoms with Crippen LogP contribution in [0.1, 0.15) is 24.3 Å². The molecule has 1 unspecified atom stereocenters. The Morgan fingerprint density at radius 2 is 2.10 bits per heavy atom. The molecular formula is C12H14F3N3O3. The van der Waals surface area contributed by atoms with E-state index in [-0.39, 0.29) is 18.1 Å². The number of hydrogen-bond donors (Lipinski definition) is 1. The summed E-state index contributed by atoms with van der Waals surface area (Å²) in [5, 5.41) is 8.73. The minimum absolute atomic E-state index is 0.186. The number of anilines is 1. The van der Waals surface area contributed by atoms with Crippen molar-refractivity contribution in [3.63, 3.8) is 0 Å². The van der Waals surface area contributed by atoms with Gasteiger partial charge in [-0.2, -0.15) is 13.2 Å². The first-order valence-electron chi connectivity index (χ1n) is 6.13. The molecule has 0 aliphatic carbocycles. The number of hydrogen-bond acceptors (Lipinski definition) is 5. The minimum atomic E-state index is -4.48. The van der Waals surface area contributed by atoms with Crippen molar-refractivity contribution in [3.05, 3.63) is 18.1 Å². The average molecular weight is 305 g/mol. The van der Waals surface area contributed by atoms with E-state index in [0.29, 0.717) is 0 Å². The molecule has 1 saturated heterocycles. The van der Waals surface area contributed by atoms with Gasteiger partial charge in [0.1, 0.15) is 5.82 Å². The molecule has 2 rings (SSSR count). The third kappa shape index (κ3) is 3.60. The highest BCUT2D eigenvalue weighted by molar-refractivity contribution is 5.84. The fraction of sp³-hybridized carbons (Fsp3) is 0.583. The molecule has 116 valence electrons. The van der Waals surface area contributed by atoms with E-state index in [4.69, 9.17) is 9.84 Å². The number of aromatic nitrogens is 2. The normalized spacial score (nSPS) is 22.1. The highest BCUT2D eigenvalue weighted by atomic mass is 19.4. The molecule has 6 nitrogen and oxygen atoms in total. The van der Waals surface area contributed by atoms with Gasteiger partial charge >= 0.3 is 12.1 Å². The number of nitrogens with zero attached hydrogens (tertiary/aromatic N) is 3. The lowest BCUT2D eigenvalue weighted by Gasteiger charge is -2.43. The van der Waals surface area contributed by atoms with E-state index in [1.54, 1.807) is 13.8 Å². The van der Waals surface area contributed by atoms with Gasteiger partial charge < -0.3 is 14.7 Å². The standard InChI is InChI=1S/C12H14F3N3O3/c1-11(2)6-18(5-8(21-11)12(13,14)15)9-4-16-7(3-17-9)10(19)20/h3-4,8H,5-6H2,1-2H3,(H,19,20). The first-order valence-corrected chi connectivity index (χ1v) is 6.13. The summed E-state index contributed by atoms with van der Waals surface area (Å²) in [6.45, 7) is 2.89. The van der Waals surface area contributed by atoms with Gasteiger partial charge in [0.15, 0.2) is 11.8 Å². The van der Waals surface area contributed by atoms with Gasteiger partial charge in [-0.3, -0.25) is 0 Å². The summed E-state index contributed by atoms with van der Waals surface area (Å²) < 4.78 is 43.7. The fourth-order valence-electron chi connectivity index (χ4n) is 2.12. The second-order valence-corrected chi connectivity index (χ2v) is 5.35. The summed E-state index contributed by atoms with van der Waals surface area (Å²) in [4.78, 5) is 19.6. The third-order valence-electron chi connectivity index (χ3n) is 2.97. The zero-order valence-corrected chi connectivity index (χ0v) is 11.4. The Labute approximate surface area is 118 Å². The minimum Gasteiger partial charge on any atom is -0.476 e. The Balaban J connectivity index is 2.23. The summed E-state index contributed by atoms with van der Waals surface area (Å²) in [6.07, 6.45) is -4.24. The van der Waals surface area contributed by atoms with Crippen molar-refractivity contribution in [3.8, 4) is 0 Å². The second kappa shape index (κ2) is 5.14. The largest absolute Gasteiger partial charge is 0.476 e. The summed E-state index contributed by atoms with van der Waals surface area (Å²) in [5.41, 5.74) is -1.27. The molecule has 1 atom stereocenters. The fourth-order valence-corrected chi connectivity index (χ4v) is 2.12. The molecule has 21 heavy (non-hydrogen) atoms. The predicted molar refractivity (Wildman–Crippen MR) is 66.2 cm³/mol. The molecule has 1 fully saturated rings. The Bertz CT molecular complexity index is 531. The van der Waals surface area contributed by atoms with Crippen molar-refractivity contribution in [2.24, 2.45) is 0 Å². The summed E-state index contributed by atoms with van der Waals surface area (Å²) in [5.74, 6) is -1.06. The van der Waals surface area contributed by atoms with Gasteiger partial charge in [0.25, 0.3) is 0 Å². The number of ether oxygens (including phenoxy) is 1. The van der Waals surface area contributed by atoms with Crippen LogP contribution in [0.25, 0.3) is 0 Å². The van der Waals surface area contributed by atoms with Crippen LogP contribution in [-0.2, 0) is 4.74 Å². The number of morpholine rings is 1. The monoisotopic (exact) mass is 305 g/mol. The number of alkyl halides is 3. The molecule has 0 aromatic carbocycles. The van der Waals surface area contributed by atoms with Gasteiger partial charge in [-0.25, -0.2) is 14.8 Å². The van der Waals surface area contributed by atoms with Crippen LogP contribution in [0.3, 0.4) is 0 Å². The van der Waals surface area contributed by atoms with Gasteiger partial charge in [0.05, 0.1) is 24.5 Å². The Hall–Kier alpha value is -1.90. The van der Waals surface area contributed by atoms with Crippen LogP contribution in [0.2, 0.25) is 0 Å². The van der Waals surface area contributed by atoms with E-state index in [0.717, 1.165) is 12.4 Å². The van der Waals surface area contributed by atoms with Crippen LogP contribution in [0, 0.1) is 0 Å². The molecule has 1 aliphatic heterocycles. The lowest BCUT2D eigenvalue weighted by atomic mass is 10.1. The van der Waals surface area contributed by atoms with Gasteiger partial charge in [-0.1, -0.05) is 0 Å². The SMILES string of the molecule is CC1(C)CN(c2cnc(C(=O)O)cn2)CC(C(F)(F)F)O1. The lowest BCUT2D eigenvalue weighted by Crippen LogP contribution is -2.57. The molecule has 0 saturated carbocycles. The third-order valence-corrected chi connectivity index (χ3v) is 2.97. The lowest BCUT2D eigenvalue weighted by molar-refractivity contribution is -0.251. The van der Waals surface area contributed by atoms with E-state index < -0.39 is 30.4 Å². The topological polar surface area (TPSA) is 75.6 Å². The van der Waals surface area contributed by atoms with Crippen LogP contribution in [-0.4, -0.2) is 52.0 Å². The smallest absolute Gasteiger partial charge is 0.416 e. The first-order chi connectivity index (χ1) is 9.58. The summed E-state index contributed by atoms with van der Waals surface area (Å²) in [6, 6.07) is 0. The van der Waals surface area contributed by atoms with Crippen LogP contribution < -0.4 is 4.90 Å². The molecule has 0 radical (unpaired) electrons. The molecule has 0 amide bonds. The number of rotatable bonds is 2. The maximum Gasteiger partial charge on any atom is 0.416 e. The number of carbonyl (C=O) groups is 1. The van der Waals surface area contributed by atoms with Crippen molar-refractivity contribution in [1.82, 2.24) is 9.97 Å². The van der Waals surface area contributed by atoms with E-state index in [1.807, 2.05) is 0 Å². The number of carboxylic acid groups (broad SMARTS) is 1. The van der Waals surface area contributed by atoms with E-state index in [9.17, 15) is 18.0 Å². The maximum atomic E-state index is 12.9. The van der Waals surface area contributed by atoms with Gasteiger partial charge in [-0.15, -0.1) is 0 Å². The van der Waals surface area contributed by atoms with Crippen molar-refractivity contribution < 1.29 is 27.8 Å². The molecule has 9 heteroatoms. The zero-order chi connectivity index (χ0) is 15.8. The highest BCUT2D eigenvalue weighted by Gasteiger charge is 2.48. The molecule has 1 aromatic heterocycles. The van der Waals surface area contributed by atoms with Gasteiger partial charge in [0.2, 0.25) is 0 Å². The highest BCUT2D eigenvalue weighted by Crippen LogP contribution is 2.33. The maximum absolute atomic E-state index is 12.9. The molecule has 2 heterocycles. The van der Waals surface area contributed by atoms with Crippen LogP contribution in [0.15, 0.2) is 12.4 Å². The first kappa shape index (κ1) is 15.5. The molecule has 0 spiro atoms. The van der Waals surface area contributed by atoms with E-state index >= 15 is 0 Å². The molecule has 0 bridgehead atoms. The Morgan fingerprint density at radius 3 is 2.57 bits per heavy atom. The number of carboxylic acids is 1.